The van der Waals surface area contributed by atoms with E-state index in [1.54, 1.807) is 11.3 Å². The maximum absolute atomic E-state index is 12.4. The lowest BCUT2D eigenvalue weighted by Gasteiger charge is -2.32. The molecule has 0 radical (unpaired) electrons. The van der Waals surface area contributed by atoms with Gasteiger partial charge in [0.15, 0.2) is 5.82 Å². The van der Waals surface area contributed by atoms with Gasteiger partial charge in [-0.05, 0) is 43.0 Å². The molecule has 1 unspecified atom stereocenters. The number of hydrogen-bond donors (Lipinski definition) is 0. The molecule has 0 spiro atoms. The molecule has 6 heteroatoms. The number of carbonyl (C=O) groups excluding carboxylic acids is 1. The highest BCUT2D eigenvalue weighted by Crippen LogP contribution is 2.38. The molecule has 0 aromatic carbocycles. The van der Waals surface area contributed by atoms with Crippen LogP contribution in [0.4, 0.5) is 0 Å². The molecule has 3 heterocycles. The third-order valence-electron chi connectivity index (χ3n) is 4.67. The summed E-state index contributed by atoms with van der Waals surface area (Å²) >= 11 is 1.65. The monoisotopic (exact) mass is 331 g/mol. The molecule has 5 nitrogen and oxygen atoms in total. The predicted octanol–water partition coefficient (Wildman–Crippen LogP) is 3.03. The van der Waals surface area contributed by atoms with Crippen molar-refractivity contribution < 1.29 is 9.32 Å². The maximum Gasteiger partial charge on any atom is 0.227 e. The van der Waals surface area contributed by atoms with Crippen LogP contribution in [0.1, 0.15) is 48.2 Å². The molecule has 2 fully saturated rings. The van der Waals surface area contributed by atoms with Crippen molar-refractivity contribution in [3.8, 4) is 0 Å². The second-order valence-electron chi connectivity index (χ2n) is 6.63. The molecule has 1 aliphatic heterocycles. The summed E-state index contributed by atoms with van der Waals surface area (Å²) in [7, 11) is 0. The Morgan fingerprint density at radius 1 is 1.39 bits per heavy atom. The molecule has 0 bridgehead atoms. The van der Waals surface area contributed by atoms with E-state index in [0.717, 1.165) is 48.9 Å². The Morgan fingerprint density at radius 2 is 2.30 bits per heavy atom. The minimum absolute atomic E-state index is 0.237. The highest BCUT2D eigenvalue weighted by atomic mass is 32.1. The van der Waals surface area contributed by atoms with Gasteiger partial charge in [-0.25, -0.2) is 0 Å². The SMILES string of the molecule is O=C(Cc1cccs1)N1CCCC(Cc2nc(C3CC3)no2)C1. The van der Waals surface area contributed by atoms with Crippen molar-refractivity contribution >= 4 is 17.2 Å². The fraction of sp³-hybridized carbons (Fsp3) is 0.588. The van der Waals surface area contributed by atoms with E-state index in [9.17, 15) is 4.79 Å². The summed E-state index contributed by atoms with van der Waals surface area (Å²) in [6.07, 6.45) is 5.88. The Labute approximate surface area is 139 Å². The molecule has 2 aromatic rings. The molecular formula is C17H21N3O2S. The predicted molar refractivity (Wildman–Crippen MR) is 87.3 cm³/mol. The molecule has 4 rings (SSSR count). The van der Waals surface area contributed by atoms with Crippen molar-refractivity contribution in [1.29, 1.82) is 0 Å². The lowest BCUT2D eigenvalue weighted by Crippen LogP contribution is -2.41. The minimum atomic E-state index is 0.237. The van der Waals surface area contributed by atoms with Crippen LogP contribution in [0.5, 0.6) is 0 Å². The molecule has 122 valence electrons. The number of piperidine rings is 1. The zero-order valence-electron chi connectivity index (χ0n) is 13.1. The fourth-order valence-electron chi connectivity index (χ4n) is 3.24. The van der Waals surface area contributed by atoms with E-state index in [2.05, 4.69) is 10.1 Å². The Bertz CT molecular complexity index is 663. The van der Waals surface area contributed by atoms with Gasteiger partial charge >= 0.3 is 0 Å². The molecule has 1 saturated carbocycles. The van der Waals surface area contributed by atoms with Gasteiger partial charge < -0.3 is 9.42 Å². The summed E-state index contributed by atoms with van der Waals surface area (Å²) in [5.74, 6) is 2.82. The van der Waals surface area contributed by atoms with Crippen LogP contribution in [-0.2, 0) is 17.6 Å². The van der Waals surface area contributed by atoms with E-state index >= 15 is 0 Å². The van der Waals surface area contributed by atoms with Crippen molar-refractivity contribution in [2.75, 3.05) is 13.1 Å². The van der Waals surface area contributed by atoms with E-state index in [0.29, 0.717) is 18.3 Å². The molecule has 1 atom stereocenters. The molecule has 2 aromatic heterocycles. The van der Waals surface area contributed by atoms with Crippen LogP contribution in [0.2, 0.25) is 0 Å². The normalized spacial score (nSPS) is 21.6. The second kappa shape index (κ2) is 6.43. The van der Waals surface area contributed by atoms with Crippen molar-refractivity contribution in [2.24, 2.45) is 5.92 Å². The summed E-state index contributed by atoms with van der Waals surface area (Å²) in [6, 6.07) is 4.03. The second-order valence-corrected chi connectivity index (χ2v) is 7.66. The minimum Gasteiger partial charge on any atom is -0.342 e. The number of rotatable bonds is 5. The first-order valence-electron chi connectivity index (χ1n) is 8.40. The van der Waals surface area contributed by atoms with Crippen molar-refractivity contribution in [3.05, 3.63) is 34.1 Å². The average Bonchev–Trinajstić information content (AvgIpc) is 3.09. The maximum atomic E-state index is 12.4. The fourth-order valence-corrected chi connectivity index (χ4v) is 3.93. The average molecular weight is 331 g/mol. The van der Waals surface area contributed by atoms with Gasteiger partial charge in [-0.3, -0.25) is 4.79 Å². The molecule has 0 N–H and O–H groups in total. The summed E-state index contributed by atoms with van der Waals surface area (Å²) in [4.78, 5) is 20.1. The van der Waals surface area contributed by atoms with Gasteiger partial charge in [-0.1, -0.05) is 11.2 Å². The van der Waals surface area contributed by atoms with E-state index in [1.807, 2.05) is 22.4 Å². The smallest absolute Gasteiger partial charge is 0.227 e. The number of hydrogen-bond acceptors (Lipinski definition) is 5. The lowest BCUT2D eigenvalue weighted by molar-refractivity contribution is -0.132. The molecule has 2 aliphatic rings. The zero-order valence-corrected chi connectivity index (χ0v) is 13.9. The Balaban J connectivity index is 1.33. The zero-order chi connectivity index (χ0) is 15.6. The van der Waals surface area contributed by atoms with Crippen LogP contribution < -0.4 is 0 Å². The van der Waals surface area contributed by atoms with Crippen LogP contribution in [0.3, 0.4) is 0 Å². The number of carbonyl (C=O) groups is 1. The topological polar surface area (TPSA) is 59.2 Å². The summed E-state index contributed by atoms with van der Waals surface area (Å²) in [6.45, 7) is 1.68. The Hall–Kier alpha value is -1.69. The third-order valence-corrected chi connectivity index (χ3v) is 5.54. The quantitative estimate of drug-likeness (QED) is 0.845. The number of likely N-dealkylation sites (tertiary alicyclic amines) is 1. The summed E-state index contributed by atoms with van der Waals surface area (Å²) in [5, 5.41) is 6.10. The van der Waals surface area contributed by atoms with Gasteiger partial charge in [-0.15, -0.1) is 11.3 Å². The van der Waals surface area contributed by atoms with Crippen molar-refractivity contribution in [1.82, 2.24) is 15.0 Å². The van der Waals surface area contributed by atoms with E-state index in [4.69, 9.17) is 4.52 Å². The number of aromatic nitrogens is 2. The van der Waals surface area contributed by atoms with E-state index < -0.39 is 0 Å². The van der Waals surface area contributed by atoms with Crippen LogP contribution >= 0.6 is 11.3 Å². The molecule has 1 saturated heterocycles. The Morgan fingerprint density at radius 3 is 3.09 bits per heavy atom. The lowest BCUT2D eigenvalue weighted by atomic mass is 9.94. The van der Waals surface area contributed by atoms with Crippen LogP contribution in [-0.4, -0.2) is 34.0 Å². The van der Waals surface area contributed by atoms with Crippen molar-refractivity contribution in [3.63, 3.8) is 0 Å². The van der Waals surface area contributed by atoms with Crippen LogP contribution in [0.25, 0.3) is 0 Å². The van der Waals surface area contributed by atoms with Crippen LogP contribution in [0, 0.1) is 5.92 Å². The summed E-state index contributed by atoms with van der Waals surface area (Å²) < 4.78 is 5.39. The Kier molecular flexibility index (Phi) is 4.16. The van der Waals surface area contributed by atoms with E-state index in [-0.39, 0.29) is 5.91 Å². The first-order chi connectivity index (χ1) is 11.3. The number of nitrogens with zero attached hydrogens (tertiary/aromatic N) is 3. The van der Waals surface area contributed by atoms with Crippen molar-refractivity contribution in [2.45, 2.75) is 44.4 Å². The van der Waals surface area contributed by atoms with E-state index in [1.165, 1.54) is 12.8 Å². The summed E-state index contributed by atoms with van der Waals surface area (Å²) in [5.41, 5.74) is 0. The van der Waals surface area contributed by atoms with Crippen LogP contribution in [0.15, 0.2) is 22.0 Å². The van der Waals surface area contributed by atoms with Gasteiger partial charge in [0, 0.05) is 30.3 Å². The highest BCUT2D eigenvalue weighted by Gasteiger charge is 2.30. The molecule has 1 aliphatic carbocycles. The standard InChI is InChI=1S/C17H21N3O2S/c21-16(10-14-4-2-8-23-14)20-7-1-3-12(11-20)9-15-18-17(19-22-15)13-5-6-13/h2,4,8,12-13H,1,3,5-7,9-11H2. The van der Waals surface area contributed by atoms with Gasteiger partial charge in [0.05, 0.1) is 6.42 Å². The molecular weight excluding hydrogens is 310 g/mol. The molecule has 23 heavy (non-hydrogen) atoms. The van der Waals surface area contributed by atoms with Gasteiger partial charge in [-0.2, -0.15) is 4.98 Å². The number of thiophene rings is 1. The largest absolute Gasteiger partial charge is 0.342 e. The molecule has 1 amide bonds. The van der Waals surface area contributed by atoms with Gasteiger partial charge in [0.25, 0.3) is 0 Å². The third kappa shape index (κ3) is 3.63. The van der Waals surface area contributed by atoms with Gasteiger partial charge in [0.2, 0.25) is 11.8 Å². The first kappa shape index (κ1) is 14.9. The highest BCUT2D eigenvalue weighted by molar-refractivity contribution is 7.10. The van der Waals surface area contributed by atoms with Gasteiger partial charge in [0.1, 0.15) is 0 Å². The first-order valence-corrected chi connectivity index (χ1v) is 9.28. The number of amides is 1.